The second kappa shape index (κ2) is 5.53. The first-order valence-corrected chi connectivity index (χ1v) is 7.15. The van der Waals surface area contributed by atoms with Gasteiger partial charge in [0.15, 0.2) is 0 Å². The lowest BCUT2D eigenvalue weighted by Gasteiger charge is -2.22. The predicted molar refractivity (Wildman–Crippen MR) is 76.4 cm³/mol. The van der Waals surface area contributed by atoms with Crippen LogP contribution in [0.1, 0.15) is 26.2 Å². The fraction of sp³-hybridized carbons (Fsp3) is 0.583. The fourth-order valence-electron chi connectivity index (χ4n) is 2.35. The van der Waals surface area contributed by atoms with Crippen LogP contribution in [0.25, 0.3) is 5.95 Å². The number of aromatic nitrogens is 6. The summed E-state index contributed by atoms with van der Waals surface area (Å²) >= 11 is 5.98. The number of nitrogens with zero attached hydrogens (tertiary/aromatic N) is 7. The van der Waals surface area contributed by atoms with E-state index in [2.05, 4.69) is 25.0 Å². The van der Waals surface area contributed by atoms with E-state index in [1.807, 2.05) is 11.8 Å². The molecule has 21 heavy (non-hydrogen) atoms. The molecule has 0 aromatic carbocycles. The van der Waals surface area contributed by atoms with E-state index in [0.29, 0.717) is 24.9 Å². The van der Waals surface area contributed by atoms with Gasteiger partial charge in [-0.1, -0.05) is 0 Å². The van der Waals surface area contributed by atoms with Crippen molar-refractivity contribution in [2.75, 3.05) is 18.0 Å². The third-order valence-corrected chi connectivity index (χ3v) is 3.72. The molecule has 0 amide bonds. The fourth-order valence-corrected chi connectivity index (χ4v) is 2.50. The minimum absolute atomic E-state index is 0.113. The molecule has 2 aromatic rings. The molecule has 0 spiro atoms. The smallest absolute Gasteiger partial charge is 0.258 e. The first kappa shape index (κ1) is 14.2. The maximum absolute atomic E-state index is 10.2. The number of aliphatic hydroxyl groups is 1. The molecule has 3 rings (SSSR count). The molecule has 8 nitrogen and oxygen atoms in total. The summed E-state index contributed by atoms with van der Waals surface area (Å²) in [4.78, 5) is 18.5. The van der Waals surface area contributed by atoms with E-state index >= 15 is 0 Å². The first-order valence-electron chi connectivity index (χ1n) is 6.77. The van der Waals surface area contributed by atoms with Crippen molar-refractivity contribution in [3.63, 3.8) is 0 Å². The first-order chi connectivity index (χ1) is 10.0. The van der Waals surface area contributed by atoms with Crippen LogP contribution in [0.2, 0.25) is 5.28 Å². The topological polar surface area (TPSA) is 92.8 Å². The standard InChI is InChI=1S/C12H16ClN7O/c1-12(21)3-2-5-19(6-4-12)10-16-9(13)17-11(18-10)20-8-14-7-15-20/h7-8,21H,2-6H2,1H3. The molecule has 0 aliphatic carbocycles. The zero-order valence-electron chi connectivity index (χ0n) is 11.6. The van der Waals surface area contributed by atoms with E-state index in [1.54, 1.807) is 0 Å². The summed E-state index contributed by atoms with van der Waals surface area (Å²) in [6.07, 6.45) is 5.20. The summed E-state index contributed by atoms with van der Waals surface area (Å²) in [6.45, 7) is 3.30. The summed E-state index contributed by atoms with van der Waals surface area (Å²) in [6, 6.07) is 0. The molecule has 9 heteroatoms. The highest BCUT2D eigenvalue weighted by Gasteiger charge is 2.26. The van der Waals surface area contributed by atoms with Gasteiger partial charge >= 0.3 is 0 Å². The number of hydrogen-bond acceptors (Lipinski definition) is 7. The minimum Gasteiger partial charge on any atom is -0.390 e. The molecule has 0 bridgehead atoms. The van der Waals surface area contributed by atoms with E-state index in [1.165, 1.54) is 17.3 Å². The Balaban J connectivity index is 1.88. The zero-order valence-corrected chi connectivity index (χ0v) is 12.4. The summed E-state index contributed by atoms with van der Waals surface area (Å²) in [5, 5.41) is 14.3. The highest BCUT2D eigenvalue weighted by atomic mass is 35.5. The van der Waals surface area contributed by atoms with Crippen molar-refractivity contribution < 1.29 is 5.11 Å². The molecule has 1 N–H and O–H groups in total. The third-order valence-electron chi connectivity index (χ3n) is 3.55. The van der Waals surface area contributed by atoms with Gasteiger partial charge in [0.05, 0.1) is 5.60 Å². The van der Waals surface area contributed by atoms with Gasteiger partial charge in [0.1, 0.15) is 12.7 Å². The molecule has 0 radical (unpaired) electrons. The largest absolute Gasteiger partial charge is 0.390 e. The van der Waals surface area contributed by atoms with Crippen molar-refractivity contribution in [3.05, 3.63) is 17.9 Å². The molecule has 112 valence electrons. The second-order valence-corrected chi connectivity index (χ2v) is 5.72. The van der Waals surface area contributed by atoms with Crippen LogP contribution < -0.4 is 4.90 Å². The molecule has 3 heterocycles. The quantitative estimate of drug-likeness (QED) is 0.879. The Labute approximate surface area is 126 Å². The zero-order chi connectivity index (χ0) is 14.9. The molecule has 1 unspecified atom stereocenters. The Morgan fingerprint density at radius 2 is 2.00 bits per heavy atom. The molecule has 2 aromatic heterocycles. The van der Waals surface area contributed by atoms with Crippen molar-refractivity contribution in [1.82, 2.24) is 29.7 Å². The van der Waals surface area contributed by atoms with Gasteiger partial charge in [-0.3, -0.25) is 0 Å². The van der Waals surface area contributed by atoms with Crippen LogP contribution in [0, 0.1) is 0 Å². The molecular weight excluding hydrogens is 294 g/mol. The van der Waals surface area contributed by atoms with Gasteiger partial charge < -0.3 is 10.0 Å². The van der Waals surface area contributed by atoms with Crippen molar-refractivity contribution >= 4 is 17.5 Å². The Morgan fingerprint density at radius 3 is 2.76 bits per heavy atom. The van der Waals surface area contributed by atoms with E-state index in [0.717, 1.165) is 19.4 Å². The molecule has 1 fully saturated rings. The normalized spacial score (nSPS) is 23.1. The lowest BCUT2D eigenvalue weighted by atomic mass is 9.98. The van der Waals surface area contributed by atoms with Gasteiger partial charge in [-0.05, 0) is 37.8 Å². The molecule has 1 atom stereocenters. The van der Waals surface area contributed by atoms with Gasteiger partial charge in [-0.15, -0.1) is 0 Å². The monoisotopic (exact) mass is 309 g/mol. The van der Waals surface area contributed by atoms with Crippen molar-refractivity contribution in [2.24, 2.45) is 0 Å². The van der Waals surface area contributed by atoms with Gasteiger partial charge in [-0.25, -0.2) is 4.98 Å². The van der Waals surface area contributed by atoms with E-state index in [4.69, 9.17) is 11.6 Å². The van der Waals surface area contributed by atoms with Gasteiger partial charge in [0.25, 0.3) is 5.95 Å². The SMILES string of the molecule is CC1(O)CCCN(c2nc(Cl)nc(-n3cncn3)n2)CC1. The average molecular weight is 310 g/mol. The van der Waals surface area contributed by atoms with Gasteiger partial charge in [0, 0.05) is 13.1 Å². The summed E-state index contributed by atoms with van der Waals surface area (Å²) < 4.78 is 1.44. The van der Waals surface area contributed by atoms with E-state index in [9.17, 15) is 5.11 Å². The number of hydrogen-bond donors (Lipinski definition) is 1. The Bertz CT molecular complexity index is 616. The van der Waals surface area contributed by atoms with Crippen molar-refractivity contribution in [2.45, 2.75) is 31.8 Å². The third kappa shape index (κ3) is 3.27. The van der Waals surface area contributed by atoms with E-state index in [-0.39, 0.29) is 5.28 Å². The second-order valence-electron chi connectivity index (χ2n) is 5.38. The molecule has 1 aliphatic heterocycles. The van der Waals surface area contributed by atoms with Crippen LogP contribution in [0.5, 0.6) is 0 Å². The average Bonchev–Trinajstić information content (AvgIpc) is 2.89. The molecule has 1 aliphatic rings. The lowest BCUT2D eigenvalue weighted by molar-refractivity contribution is 0.0481. The van der Waals surface area contributed by atoms with Crippen LogP contribution in [0.4, 0.5) is 5.95 Å². The van der Waals surface area contributed by atoms with Crippen LogP contribution in [-0.2, 0) is 0 Å². The summed E-state index contributed by atoms with van der Waals surface area (Å²) in [5.41, 5.74) is -0.639. The Hall–Kier alpha value is -1.80. The Kier molecular flexibility index (Phi) is 3.73. The van der Waals surface area contributed by atoms with Crippen LogP contribution in [-0.4, -0.2) is 53.5 Å². The molecule has 0 saturated carbocycles. The molecular formula is C12H16ClN7O. The maximum Gasteiger partial charge on any atom is 0.258 e. The Morgan fingerprint density at radius 1 is 1.19 bits per heavy atom. The maximum atomic E-state index is 10.2. The highest BCUT2D eigenvalue weighted by molar-refractivity contribution is 6.28. The molecule has 1 saturated heterocycles. The summed E-state index contributed by atoms with van der Waals surface area (Å²) in [5.74, 6) is 0.830. The lowest BCUT2D eigenvalue weighted by Crippen LogP contribution is -2.29. The van der Waals surface area contributed by atoms with Crippen molar-refractivity contribution in [1.29, 1.82) is 0 Å². The van der Waals surface area contributed by atoms with Crippen LogP contribution >= 0.6 is 11.6 Å². The van der Waals surface area contributed by atoms with Gasteiger partial charge in [-0.2, -0.15) is 24.7 Å². The van der Waals surface area contributed by atoms with Crippen LogP contribution in [0.3, 0.4) is 0 Å². The summed E-state index contributed by atoms with van der Waals surface area (Å²) in [7, 11) is 0. The minimum atomic E-state index is -0.639. The van der Waals surface area contributed by atoms with Crippen molar-refractivity contribution in [3.8, 4) is 5.95 Å². The van der Waals surface area contributed by atoms with Crippen LogP contribution in [0.15, 0.2) is 12.7 Å². The number of anilines is 1. The highest BCUT2D eigenvalue weighted by Crippen LogP contribution is 2.24. The number of rotatable bonds is 2. The predicted octanol–water partition coefficient (Wildman–Crippen LogP) is 0.847. The van der Waals surface area contributed by atoms with Gasteiger partial charge in [0.2, 0.25) is 11.2 Å². The van der Waals surface area contributed by atoms with E-state index < -0.39 is 5.60 Å². The number of halogens is 1.